The first kappa shape index (κ1) is 21.5. The molecule has 0 saturated carbocycles. The summed E-state index contributed by atoms with van der Waals surface area (Å²) in [6.45, 7) is 0.114. The summed E-state index contributed by atoms with van der Waals surface area (Å²) in [5.74, 6) is -1.02. The first-order valence-corrected chi connectivity index (χ1v) is 11.3. The number of nitrogens with zero attached hydrogens (tertiary/aromatic N) is 1. The van der Waals surface area contributed by atoms with Gasteiger partial charge >= 0.3 is 0 Å². The standard InChI is InChI=1S/C21H23N3O5S/c25-19(22-13-6-14-30(28,29)16-7-2-1-3-8-16)11-12-21(27)24-15-20(26)23-17-9-4-5-10-18(17)24/h1-5,7-10H,6,11-15H2,(H,22,25)(H,23,26). The lowest BCUT2D eigenvalue weighted by molar-refractivity contribution is -0.125. The van der Waals surface area contributed by atoms with Crippen LogP contribution in [-0.4, -0.2) is 45.0 Å². The van der Waals surface area contributed by atoms with Crippen molar-refractivity contribution in [2.75, 3.05) is 29.1 Å². The zero-order valence-electron chi connectivity index (χ0n) is 16.3. The van der Waals surface area contributed by atoms with E-state index in [1.54, 1.807) is 54.6 Å². The minimum Gasteiger partial charge on any atom is -0.356 e. The van der Waals surface area contributed by atoms with Crippen molar-refractivity contribution in [3.8, 4) is 0 Å². The maximum Gasteiger partial charge on any atom is 0.244 e. The van der Waals surface area contributed by atoms with Crippen LogP contribution >= 0.6 is 0 Å². The summed E-state index contributed by atoms with van der Waals surface area (Å²) < 4.78 is 24.4. The third kappa shape index (κ3) is 5.44. The van der Waals surface area contributed by atoms with Gasteiger partial charge in [-0.1, -0.05) is 30.3 Å². The molecule has 0 aliphatic carbocycles. The number of rotatable bonds is 8. The number of hydrogen-bond donors (Lipinski definition) is 2. The van der Waals surface area contributed by atoms with Gasteiger partial charge in [-0.25, -0.2) is 8.42 Å². The number of benzene rings is 2. The molecule has 158 valence electrons. The van der Waals surface area contributed by atoms with Crippen molar-refractivity contribution in [3.63, 3.8) is 0 Å². The number of carbonyl (C=O) groups is 3. The molecule has 0 saturated heterocycles. The van der Waals surface area contributed by atoms with E-state index in [0.29, 0.717) is 11.4 Å². The Morgan fingerprint density at radius 3 is 2.47 bits per heavy atom. The van der Waals surface area contributed by atoms with Gasteiger partial charge in [0.25, 0.3) is 0 Å². The number of anilines is 2. The highest BCUT2D eigenvalue weighted by Crippen LogP contribution is 2.29. The Bertz CT molecular complexity index is 1040. The lowest BCUT2D eigenvalue weighted by Gasteiger charge is -2.29. The zero-order valence-corrected chi connectivity index (χ0v) is 17.2. The van der Waals surface area contributed by atoms with Gasteiger partial charge in [-0.05, 0) is 30.7 Å². The predicted molar refractivity (Wildman–Crippen MR) is 113 cm³/mol. The number of hydrogen-bond acceptors (Lipinski definition) is 5. The number of para-hydroxylation sites is 2. The second-order valence-electron chi connectivity index (χ2n) is 6.88. The minimum absolute atomic E-state index is 0.0371. The molecule has 0 fully saturated rings. The smallest absolute Gasteiger partial charge is 0.244 e. The van der Waals surface area contributed by atoms with Crippen LogP contribution in [0.3, 0.4) is 0 Å². The average Bonchev–Trinajstić information content (AvgIpc) is 2.75. The van der Waals surface area contributed by atoms with Crippen molar-refractivity contribution in [2.45, 2.75) is 24.2 Å². The molecular formula is C21H23N3O5S. The molecule has 0 unspecified atom stereocenters. The van der Waals surface area contributed by atoms with Crippen LogP contribution in [0.4, 0.5) is 11.4 Å². The number of fused-ring (bicyclic) bond motifs is 1. The molecule has 1 heterocycles. The van der Waals surface area contributed by atoms with E-state index in [9.17, 15) is 22.8 Å². The van der Waals surface area contributed by atoms with E-state index >= 15 is 0 Å². The van der Waals surface area contributed by atoms with Crippen LogP contribution in [-0.2, 0) is 24.2 Å². The summed E-state index contributed by atoms with van der Waals surface area (Å²) in [7, 11) is -3.38. The predicted octanol–water partition coefficient (Wildman–Crippen LogP) is 1.73. The van der Waals surface area contributed by atoms with Crippen molar-refractivity contribution in [1.29, 1.82) is 0 Å². The van der Waals surface area contributed by atoms with Gasteiger partial charge in [-0.2, -0.15) is 0 Å². The molecule has 1 aliphatic heterocycles. The van der Waals surface area contributed by atoms with Gasteiger partial charge < -0.3 is 15.5 Å². The van der Waals surface area contributed by atoms with Gasteiger partial charge in [-0.15, -0.1) is 0 Å². The third-order valence-corrected chi connectivity index (χ3v) is 6.47. The monoisotopic (exact) mass is 429 g/mol. The van der Waals surface area contributed by atoms with E-state index in [2.05, 4.69) is 10.6 Å². The molecule has 0 radical (unpaired) electrons. The SMILES string of the molecule is O=C(CCC(=O)N1CC(=O)Nc2ccccc21)NCCCS(=O)(=O)c1ccccc1. The topological polar surface area (TPSA) is 113 Å². The molecule has 30 heavy (non-hydrogen) atoms. The Morgan fingerprint density at radius 1 is 1.00 bits per heavy atom. The fraction of sp³-hybridized carbons (Fsp3) is 0.286. The molecule has 2 aromatic carbocycles. The van der Waals surface area contributed by atoms with Gasteiger partial charge in [0.15, 0.2) is 9.84 Å². The fourth-order valence-electron chi connectivity index (χ4n) is 3.14. The summed E-state index contributed by atoms with van der Waals surface area (Å²) in [4.78, 5) is 38.0. The number of amides is 3. The van der Waals surface area contributed by atoms with Crippen LogP contribution in [0.25, 0.3) is 0 Å². The van der Waals surface area contributed by atoms with Crippen molar-refractivity contribution < 1.29 is 22.8 Å². The summed E-state index contributed by atoms with van der Waals surface area (Å²) in [5, 5.41) is 5.35. The second-order valence-corrected chi connectivity index (χ2v) is 8.99. The first-order chi connectivity index (χ1) is 14.4. The van der Waals surface area contributed by atoms with Gasteiger partial charge in [0.1, 0.15) is 6.54 Å². The second kappa shape index (κ2) is 9.53. The lowest BCUT2D eigenvalue weighted by atomic mass is 10.1. The Balaban J connectivity index is 1.43. The summed E-state index contributed by atoms with van der Waals surface area (Å²) in [5.41, 5.74) is 1.17. The van der Waals surface area contributed by atoms with Crippen molar-refractivity contribution in [2.24, 2.45) is 0 Å². The lowest BCUT2D eigenvalue weighted by Crippen LogP contribution is -2.42. The molecule has 8 nitrogen and oxygen atoms in total. The molecule has 0 aromatic heterocycles. The Labute approximate surface area is 175 Å². The molecule has 3 rings (SSSR count). The average molecular weight is 429 g/mol. The van der Waals surface area contributed by atoms with E-state index in [-0.39, 0.29) is 60.7 Å². The van der Waals surface area contributed by atoms with Crippen molar-refractivity contribution in [1.82, 2.24) is 5.32 Å². The Hall–Kier alpha value is -3.20. The van der Waals surface area contributed by atoms with E-state index in [1.165, 1.54) is 4.90 Å². The maximum absolute atomic E-state index is 12.5. The molecule has 9 heteroatoms. The van der Waals surface area contributed by atoms with E-state index in [0.717, 1.165) is 0 Å². The first-order valence-electron chi connectivity index (χ1n) is 9.60. The van der Waals surface area contributed by atoms with E-state index in [1.807, 2.05) is 0 Å². The largest absolute Gasteiger partial charge is 0.356 e. The zero-order chi connectivity index (χ0) is 21.6. The fourth-order valence-corrected chi connectivity index (χ4v) is 4.47. The number of sulfone groups is 1. The van der Waals surface area contributed by atoms with Crippen LogP contribution in [0, 0.1) is 0 Å². The molecule has 0 atom stereocenters. The summed E-state index contributed by atoms with van der Waals surface area (Å²) >= 11 is 0. The number of nitrogens with one attached hydrogen (secondary N) is 2. The molecule has 0 bridgehead atoms. The third-order valence-electron chi connectivity index (χ3n) is 4.65. The van der Waals surface area contributed by atoms with Crippen LogP contribution in [0.5, 0.6) is 0 Å². The molecule has 1 aliphatic rings. The highest BCUT2D eigenvalue weighted by atomic mass is 32.2. The van der Waals surface area contributed by atoms with E-state index in [4.69, 9.17) is 0 Å². The molecular weight excluding hydrogens is 406 g/mol. The van der Waals surface area contributed by atoms with E-state index < -0.39 is 9.84 Å². The summed E-state index contributed by atoms with van der Waals surface area (Å²) in [6, 6.07) is 15.1. The Morgan fingerprint density at radius 2 is 1.70 bits per heavy atom. The number of carbonyl (C=O) groups excluding carboxylic acids is 3. The normalized spacial score (nSPS) is 13.3. The maximum atomic E-state index is 12.5. The quantitative estimate of drug-likeness (QED) is 0.621. The van der Waals surface area contributed by atoms with Gasteiger partial charge in [-0.3, -0.25) is 14.4 Å². The van der Waals surface area contributed by atoms with Gasteiger partial charge in [0.2, 0.25) is 17.7 Å². The molecule has 2 aromatic rings. The van der Waals surface area contributed by atoms with Gasteiger partial charge in [0.05, 0.1) is 22.0 Å². The summed E-state index contributed by atoms with van der Waals surface area (Å²) in [6.07, 6.45) is 0.191. The van der Waals surface area contributed by atoms with Crippen LogP contribution in [0.15, 0.2) is 59.5 Å². The van der Waals surface area contributed by atoms with Crippen LogP contribution in [0.1, 0.15) is 19.3 Å². The Kier molecular flexibility index (Phi) is 6.83. The molecule has 0 spiro atoms. The highest BCUT2D eigenvalue weighted by Gasteiger charge is 2.26. The van der Waals surface area contributed by atoms with Crippen LogP contribution in [0.2, 0.25) is 0 Å². The molecule has 2 N–H and O–H groups in total. The highest BCUT2D eigenvalue weighted by molar-refractivity contribution is 7.91. The van der Waals surface area contributed by atoms with Crippen LogP contribution < -0.4 is 15.5 Å². The minimum atomic E-state index is -3.38. The van der Waals surface area contributed by atoms with Crippen molar-refractivity contribution >= 4 is 38.9 Å². The van der Waals surface area contributed by atoms with Crippen molar-refractivity contribution in [3.05, 3.63) is 54.6 Å². The van der Waals surface area contributed by atoms with Gasteiger partial charge in [0, 0.05) is 19.4 Å². The molecule has 3 amide bonds.